The minimum Gasteiger partial charge on any atom is -0.421 e. The Labute approximate surface area is 188 Å². The molecule has 0 aliphatic heterocycles. The number of nitrogen functional groups attached to an aromatic ring is 1. The summed E-state index contributed by atoms with van der Waals surface area (Å²) in [6.45, 7) is 3.66. The van der Waals surface area contributed by atoms with Crippen molar-refractivity contribution in [1.82, 2.24) is 9.55 Å². The van der Waals surface area contributed by atoms with Gasteiger partial charge in [0.05, 0.1) is 22.7 Å². The number of nitrogens with two attached hydrogens (primary N) is 1. The molecule has 0 amide bonds. The highest BCUT2D eigenvalue weighted by molar-refractivity contribution is 6.03. The van der Waals surface area contributed by atoms with E-state index in [1.165, 1.54) is 4.57 Å². The second-order valence-electron chi connectivity index (χ2n) is 8.50. The fourth-order valence-electron chi connectivity index (χ4n) is 4.03. The number of hydrogen-bond acceptors (Lipinski definition) is 5. The van der Waals surface area contributed by atoms with Crippen LogP contribution >= 0.6 is 0 Å². The molecule has 0 saturated heterocycles. The van der Waals surface area contributed by atoms with E-state index in [9.17, 15) is 14.9 Å². The van der Waals surface area contributed by atoms with Crippen molar-refractivity contribution in [1.29, 1.82) is 5.26 Å². The number of hydrogen-bond donors (Lipinski definition) is 2. The van der Waals surface area contributed by atoms with Gasteiger partial charge in [0.2, 0.25) is 0 Å². The summed E-state index contributed by atoms with van der Waals surface area (Å²) in [4.78, 5) is 28.2. The topological polar surface area (TPSA) is 118 Å². The zero-order chi connectivity index (χ0) is 23.3. The van der Waals surface area contributed by atoms with Gasteiger partial charge < -0.3 is 10.2 Å². The highest BCUT2D eigenvalue weighted by Gasteiger charge is 2.21. The van der Waals surface area contributed by atoms with Gasteiger partial charge in [-0.25, -0.2) is 9.59 Å². The lowest BCUT2D eigenvalue weighted by atomic mass is 9.86. The quantitative estimate of drug-likeness (QED) is 0.319. The van der Waals surface area contributed by atoms with Crippen LogP contribution in [0.2, 0.25) is 0 Å². The Morgan fingerprint density at radius 3 is 2.42 bits per heavy atom. The first-order valence-corrected chi connectivity index (χ1v) is 10.4. The summed E-state index contributed by atoms with van der Waals surface area (Å²) in [6, 6.07) is 22.4. The van der Waals surface area contributed by atoms with Gasteiger partial charge in [0.25, 0.3) is 0 Å². The van der Waals surface area contributed by atoms with Gasteiger partial charge in [0.1, 0.15) is 5.58 Å². The molecule has 5 aromatic rings. The van der Waals surface area contributed by atoms with Crippen molar-refractivity contribution in [3.8, 4) is 22.9 Å². The van der Waals surface area contributed by atoms with Crippen molar-refractivity contribution in [2.45, 2.75) is 19.3 Å². The molecule has 2 aromatic heterocycles. The van der Waals surface area contributed by atoms with Crippen molar-refractivity contribution in [3.63, 3.8) is 0 Å². The summed E-state index contributed by atoms with van der Waals surface area (Å²) in [5, 5.41) is 10.0. The fraction of sp³-hybridized carbons (Fsp3) is 0.115. The van der Waals surface area contributed by atoms with Crippen LogP contribution in [-0.4, -0.2) is 9.55 Å². The molecular weight excluding hydrogens is 416 g/mol. The zero-order valence-electron chi connectivity index (χ0n) is 18.0. The van der Waals surface area contributed by atoms with Gasteiger partial charge >= 0.3 is 11.3 Å². The average Bonchev–Trinajstić information content (AvgIpc) is 3.17. The number of benzene rings is 3. The number of aromatic amines is 1. The predicted octanol–water partition coefficient (Wildman–Crippen LogP) is 4.48. The van der Waals surface area contributed by atoms with E-state index in [1.807, 2.05) is 62.4 Å². The summed E-state index contributed by atoms with van der Waals surface area (Å²) in [7, 11) is 0. The second-order valence-corrected chi connectivity index (χ2v) is 8.50. The second kappa shape index (κ2) is 7.24. The maximum Gasteiger partial charge on any atom is 0.362 e. The standard InChI is InChI=1S/C26H20N4O3/c1-26(2,14-27)17-7-9-19(10-8-17)30-23-20-13-16(15-4-3-5-18(28)12-15)6-11-21(20)33-24(31)22(23)29-25(30)32/h3-13H,28H2,1-2H3,(H,29,32). The highest BCUT2D eigenvalue weighted by Crippen LogP contribution is 2.30. The summed E-state index contributed by atoms with van der Waals surface area (Å²) < 4.78 is 6.93. The van der Waals surface area contributed by atoms with E-state index in [4.69, 9.17) is 10.2 Å². The molecule has 7 nitrogen and oxygen atoms in total. The number of fused-ring (bicyclic) bond motifs is 3. The van der Waals surface area contributed by atoms with Gasteiger partial charge in [0, 0.05) is 11.1 Å². The van der Waals surface area contributed by atoms with Crippen molar-refractivity contribution in [2.75, 3.05) is 5.73 Å². The van der Waals surface area contributed by atoms with E-state index in [2.05, 4.69) is 11.1 Å². The van der Waals surface area contributed by atoms with Gasteiger partial charge in [-0.05, 0) is 66.9 Å². The number of anilines is 1. The molecule has 3 N–H and O–H groups in total. The molecule has 0 atom stereocenters. The van der Waals surface area contributed by atoms with E-state index < -0.39 is 16.7 Å². The zero-order valence-corrected chi connectivity index (χ0v) is 18.0. The molecule has 0 spiro atoms. The molecular formula is C26H20N4O3. The Kier molecular flexibility index (Phi) is 4.46. The number of imidazole rings is 1. The van der Waals surface area contributed by atoms with Crippen molar-refractivity contribution < 1.29 is 4.42 Å². The Hall–Kier alpha value is -4.57. The van der Waals surface area contributed by atoms with E-state index in [0.29, 0.717) is 27.9 Å². The van der Waals surface area contributed by atoms with E-state index in [0.717, 1.165) is 16.7 Å². The van der Waals surface area contributed by atoms with Crippen molar-refractivity contribution in [3.05, 3.63) is 93.2 Å². The van der Waals surface area contributed by atoms with Crippen molar-refractivity contribution >= 4 is 27.7 Å². The minimum atomic E-state index is -0.663. The van der Waals surface area contributed by atoms with Crippen LogP contribution in [0.5, 0.6) is 0 Å². The normalized spacial score (nSPS) is 11.7. The molecule has 33 heavy (non-hydrogen) atoms. The maximum absolute atomic E-state index is 12.9. The molecule has 0 radical (unpaired) electrons. The third kappa shape index (κ3) is 3.29. The van der Waals surface area contributed by atoms with Crippen LogP contribution in [0, 0.1) is 11.3 Å². The smallest absolute Gasteiger partial charge is 0.362 e. The third-order valence-corrected chi connectivity index (χ3v) is 5.88. The largest absolute Gasteiger partial charge is 0.421 e. The lowest BCUT2D eigenvalue weighted by molar-refractivity contribution is 0.568. The average molecular weight is 436 g/mol. The van der Waals surface area contributed by atoms with Crippen LogP contribution in [0.1, 0.15) is 19.4 Å². The maximum atomic E-state index is 12.9. The summed E-state index contributed by atoms with van der Waals surface area (Å²) in [5.74, 6) is 0. The molecule has 162 valence electrons. The Morgan fingerprint density at radius 2 is 1.73 bits per heavy atom. The number of rotatable bonds is 3. The number of H-pyrrole nitrogens is 1. The molecule has 0 aliphatic carbocycles. The highest BCUT2D eigenvalue weighted by atomic mass is 16.4. The monoisotopic (exact) mass is 436 g/mol. The third-order valence-electron chi connectivity index (χ3n) is 5.88. The van der Waals surface area contributed by atoms with Crippen LogP contribution < -0.4 is 17.0 Å². The van der Waals surface area contributed by atoms with Crippen LogP contribution in [0.25, 0.3) is 38.8 Å². The van der Waals surface area contributed by atoms with Gasteiger partial charge in [-0.3, -0.25) is 9.55 Å². The van der Waals surface area contributed by atoms with Gasteiger partial charge in [-0.15, -0.1) is 0 Å². The SMILES string of the molecule is CC(C)(C#N)c1ccc(-n2c(=O)[nH]c3c(=O)oc4ccc(-c5cccc(N)c5)cc4c32)cc1. The molecule has 3 aromatic carbocycles. The molecule has 7 heteroatoms. The lowest BCUT2D eigenvalue weighted by Gasteiger charge is -2.16. The molecule has 0 aliphatic rings. The van der Waals surface area contributed by atoms with E-state index in [1.54, 1.807) is 18.2 Å². The van der Waals surface area contributed by atoms with Crippen LogP contribution in [0.3, 0.4) is 0 Å². The Bertz CT molecular complexity index is 1700. The molecule has 0 bridgehead atoms. The first-order valence-electron chi connectivity index (χ1n) is 10.4. The van der Waals surface area contributed by atoms with Crippen LogP contribution in [-0.2, 0) is 5.41 Å². The Morgan fingerprint density at radius 1 is 1.00 bits per heavy atom. The summed E-state index contributed by atoms with van der Waals surface area (Å²) in [5.41, 5.74) is 8.93. The molecule has 0 unspecified atom stereocenters. The lowest BCUT2D eigenvalue weighted by Crippen LogP contribution is -2.16. The molecule has 0 fully saturated rings. The van der Waals surface area contributed by atoms with Crippen LogP contribution in [0.15, 0.2) is 80.7 Å². The number of aromatic nitrogens is 2. The van der Waals surface area contributed by atoms with Gasteiger partial charge in [0.15, 0.2) is 5.52 Å². The van der Waals surface area contributed by atoms with Crippen molar-refractivity contribution in [2.24, 2.45) is 0 Å². The number of nitrogens with zero attached hydrogens (tertiary/aromatic N) is 2. The summed E-state index contributed by atoms with van der Waals surface area (Å²) in [6.07, 6.45) is 0. The summed E-state index contributed by atoms with van der Waals surface area (Å²) >= 11 is 0. The predicted molar refractivity (Wildman–Crippen MR) is 128 cm³/mol. The first-order chi connectivity index (χ1) is 15.8. The number of nitriles is 1. The van der Waals surface area contributed by atoms with Gasteiger partial charge in [-0.2, -0.15) is 5.26 Å². The van der Waals surface area contributed by atoms with Gasteiger partial charge in [-0.1, -0.05) is 30.3 Å². The van der Waals surface area contributed by atoms with E-state index in [-0.39, 0.29) is 5.52 Å². The molecule has 5 rings (SSSR count). The van der Waals surface area contributed by atoms with Crippen LogP contribution in [0.4, 0.5) is 5.69 Å². The number of nitrogens with one attached hydrogen (secondary N) is 1. The first kappa shape index (κ1) is 20.3. The molecule has 2 heterocycles. The minimum absolute atomic E-state index is 0.0960. The Balaban J connectivity index is 1.79. The molecule has 0 saturated carbocycles. The van der Waals surface area contributed by atoms with E-state index >= 15 is 0 Å². The fourth-order valence-corrected chi connectivity index (χ4v) is 4.03.